The molecule has 0 atom stereocenters. The Balaban J connectivity index is 0.00000176. The summed E-state index contributed by atoms with van der Waals surface area (Å²) in [5.74, 6) is 0. The van der Waals surface area contributed by atoms with Gasteiger partial charge in [0.1, 0.15) is 5.69 Å². The number of rotatable bonds is 1. The summed E-state index contributed by atoms with van der Waals surface area (Å²) in [6, 6.07) is 0.921. The van der Waals surface area contributed by atoms with Gasteiger partial charge >= 0.3 is 6.18 Å². The lowest BCUT2D eigenvalue weighted by molar-refractivity contribution is -0.141. The number of alkyl halides is 3. The van der Waals surface area contributed by atoms with Crippen LogP contribution in [0.4, 0.5) is 18.9 Å². The number of aromatic nitrogens is 1. The second-order valence-electron chi connectivity index (χ2n) is 5.94. The van der Waals surface area contributed by atoms with Crippen LogP contribution in [-0.4, -0.2) is 31.2 Å². The molecule has 0 radical (unpaired) electrons. The Morgan fingerprint density at radius 2 is 1.91 bits per heavy atom. The van der Waals surface area contributed by atoms with E-state index in [0.29, 0.717) is 5.69 Å². The third-order valence-corrected chi connectivity index (χ3v) is 4.87. The zero-order chi connectivity index (χ0) is 15.1. The van der Waals surface area contributed by atoms with E-state index >= 15 is 0 Å². The van der Waals surface area contributed by atoms with Crippen molar-refractivity contribution in [2.45, 2.75) is 25.4 Å². The highest BCUT2D eigenvalue weighted by Crippen LogP contribution is 2.42. The maximum atomic E-state index is 12.6. The molecule has 0 saturated carbocycles. The second-order valence-corrected chi connectivity index (χ2v) is 6.35. The van der Waals surface area contributed by atoms with E-state index in [2.05, 4.69) is 15.2 Å². The molecule has 2 aliphatic heterocycles. The molecule has 1 N–H and O–H groups in total. The first-order valence-electron chi connectivity index (χ1n) is 7.08. The maximum Gasteiger partial charge on any atom is 0.433 e. The number of pyridine rings is 1. The Morgan fingerprint density at radius 1 is 1.23 bits per heavy atom. The first kappa shape index (κ1) is 17.6. The zero-order valence-electron chi connectivity index (χ0n) is 11.9. The molecule has 2 saturated heterocycles. The summed E-state index contributed by atoms with van der Waals surface area (Å²) in [6.45, 7) is 3.69. The normalized spacial score (nSPS) is 21.0. The molecule has 1 spiro atoms. The largest absolute Gasteiger partial charge is 0.433 e. The fourth-order valence-electron chi connectivity index (χ4n) is 3.32. The quantitative estimate of drug-likeness (QED) is 0.831. The molecule has 1 aromatic heterocycles. The number of anilines is 1. The third-order valence-electron chi connectivity index (χ3n) is 4.57. The summed E-state index contributed by atoms with van der Waals surface area (Å²) in [5, 5.41) is 3.47. The van der Waals surface area contributed by atoms with Crippen molar-refractivity contribution in [1.29, 1.82) is 0 Å². The van der Waals surface area contributed by atoms with Crippen LogP contribution in [0.3, 0.4) is 0 Å². The van der Waals surface area contributed by atoms with Crippen molar-refractivity contribution in [3.63, 3.8) is 0 Å². The molecule has 3 nitrogen and oxygen atoms in total. The fraction of sp³-hybridized carbons (Fsp3) is 0.643. The molecule has 124 valence electrons. The van der Waals surface area contributed by atoms with Gasteiger partial charge in [-0.25, -0.2) is 4.98 Å². The predicted molar refractivity (Wildman–Crippen MR) is 82.9 cm³/mol. The lowest BCUT2D eigenvalue weighted by Crippen LogP contribution is -2.38. The van der Waals surface area contributed by atoms with E-state index in [9.17, 15) is 13.2 Å². The highest BCUT2D eigenvalue weighted by Gasteiger charge is 2.40. The van der Waals surface area contributed by atoms with Crippen molar-refractivity contribution in [2.75, 3.05) is 31.1 Å². The Bertz CT molecular complexity index is 531. The van der Waals surface area contributed by atoms with Gasteiger partial charge in [0.25, 0.3) is 0 Å². The van der Waals surface area contributed by atoms with Crippen molar-refractivity contribution < 1.29 is 13.2 Å². The van der Waals surface area contributed by atoms with Gasteiger partial charge in [-0.15, -0.1) is 12.4 Å². The van der Waals surface area contributed by atoms with E-state index in [1.54, 1.807) is 0 Å². The van der Waals surface area contributed by atoms with Gasteiger partial charge in [0.05, 0.1) is 16.9 Å². The average molecular weight is 356 g/mol. The van der Waals surface area contributed by atoms with Crippen molar-refractivity contribution in [2.24, 2.45) is 5.41 Å². The number of hydrogen-bond donors (Lipinski definition) is 1. The average Bonchev–Trinajstić information content (AvgIpc) is 2.82. The van der Waals surface area contributed by atoms with Gasteiger partial charge in [-0.1, -0.05) is 11.6 Å². The van der Waals surface area contributed by atoms with Gasteiger partial charge in [-0.05, 0) is 43.8 Å². The molecule has 8 heteroatoms. The van der Waals surface area contributed by atoms with Gasteiger partial charge < -0.3 is 10.2 Å². The van der Waals surface area contributed by atoms with Crippen LogP contribution in [0.25, 0.3) is 0 Å². The first-order chi connectivity index (χ1) is 9.90. The van der Waals surface area contributed by atoms with Crippen LogP contribution >= 0.6 is 24.0 Å². The SMILES string of the molecule is Cl.FC(F)(F)c1cc(Cl)c(N2CCC3(CCNCC3)C2)cn1. The molecule has 1 aromatic rings. The molecular formula is C14H18Cl2F3N3. The lowest BCUT2D eigenvalue weighted by atomic mass is 9.78. The summed E-state index contributed by atoms with van der Waals surface area (Å²) < 4.78 is 37.9. The van der Waals surface area contributed by atoms with Gasteiger partial charge in [-0.2, -0.15) is 13.2 Å². The Morgan fingerprint density at radius 3 is 2.50 bits per heavy atom. The summed E-state index contributed by atoms with van der Waals surface area (Å²) in [5.41, 5.74) is -0.0517. The van der Waals surface area contributed by atoms with Crippen molar-refractivity contribution in [3.8, 4) is 0 Å². The van der Waals surface area contributed by atoms with Gasteiger partial charge in [0, 0.05) is 13.1 Å². The summed E-state index contributed by atoms with van der Waals surface area (Å²) in [7, 11) is 0. The van der Waals surface area contributed by atoms with E-state index in [0.717, 1.165) is 51.5 Å². The van der Waals surface area contributed by atoms with E-state index in [-0.39, 0.29) is 22.8 Å². The first-order valence-corrected chi connectivity index (χ1v) is 7.46. The molecular weight excluding hydrogens is 338 g/mol. The zero-order valence-corrected chi connectivity index (χ0v) is 13.5. The van der Waals surface area contributed by atoms with E-state index in [1.807, 2.05) is 0 Å². The van der Waals surface area contributed by atoms with Crippen LogP contribution in [0.15, 0.2) is 12.3 Å². The van der Waals surface area contributed by atoms with Crippen LogP contribution in [0.2, 0.25) is 5.02 Å². The molecule has 0 aliphatic carbocycles. The molecule has 0 amide bonds. The Kier molecular flexibility index (Phi) is 5.14. The minimum Gasteiger partial charge on any atom is -0.369 e. The van der Waals surface area contributed by atoms with Crippen LogP contribution in [0.1, 0.15) is 25.0 Å². The molecule has 0 unspecified atom stereocenters. The van der Waals surface area contributed by atoms with Crippen molar-refractivity contribution in [3.05, 3.63) is 23.0 Å². The topological polar surface area (TPSA) is 28.2 Å². The second kappa shape index (κ2) is 6.42. The van der Waals surface area contributed by atoms with Crippen molar-refractivity contribution >= 4 is 29.7 Å². The van der Waals surface area contributed by atoms with Gasteiger partial charge in [0.15, 0.2) is 0 Å². The number of halogens is 5. The fourth-order valence-corrected chi connectivity index (χ4v) is 3.59. The summed E-state index contributed by atoms with van der Waals surface area (Å²) in [4.78, 5) is 5.60. The maximum absolute atomic E-state index is 12.6. The standard InChI is InChI=1S/C14H17ClF3N3.ClH/c15-10-7-12(14(16,17)18)20-8-11(10)21-6-3-13(9-21)1-4-19-5-2-13;/h7-8,19H,1-6,9H2;1H. The number of nitrogens with one attached hydrogen (secondary N) is 1. The monoisotopic (exact) mass is 355 g/mol. The minimum atomic E-state index is -4.45. The molecule has 22 heavy (non-hydrogen) atoms. The number of nitrogens with zero attached hydrogens (tertiary/aromatic N) is 2. The summed E-state index contributed by atoms with van der Waals surface area (Å²) in [6.07, 6.45) is 0.0745. The van der Waals surface area contributed by atoms with E-state index in [1.165, 1.54) is 6.20 Å². The Hall–Kier alpha value is -0.720. The molecule has 3 rings (SSSR count). The summed E-state index contributed by atoms with van der Waals surface area (Å²) >= 11 is 6.05. The minimum absolute atomic E-state index is 0. The number of hydrogen-bond acceptors (Lipinski definition) is 3. The predicted octanol–water partition coefficient (Wildman–Crippen LogP) is 3.76. The van der Waals surface area contributed by atoms with Crippen LogP contribution in [0.5, 0.6) is 0 Å². The molecule has 0 aromatic carbocycles. The van der Waals surface area contributed by atoms with E-state index < -0.39 is 11.9 Å². The lowest BCUT2D eigenvalue weighted by Gasteiger charge is -2.34. The Labute approximate surface area is 138 Å². The van der Waals surface area contributed by atoms with Gasteiger partial charge in [0.2, 0.25) is 0 Å². The smallest absolute Gasteiger partial charge is 0.369 e. The highest BCUT2D eigenvalue weighted by atomic mass is 35.5. The molecule has 2 aliphatic rings. The molecule has 0 bridgehead atoms. The van der Waals surface area contributed by atoms with Crippen LogP contribution < -0.4 is 10.2 Å². The van der Waals surface area contributed by atoms with Gasteiger partial charge in [-0.3, -0.25) is 0 Å². The highest BCUT2D eigenvalue weighted by molar-refractivity contribution is 6.33. The number of piperidine rings is 1. The third kappa shape index (κ3) is 3.44. The van der Waals surface area contributed by atoms with Crippen molar-refractivity contribution in [1.82, 2.24) is 10.3 Å². The van der Waals surface area contributed by atoms with Crippen LogP contribution in [-0.2, 0) is 6.18 Å². The molecule has 3 heterocycles. The van der Waals surface area contributed by atoms with Crippen LogP contribution in [0, 0.1) is 5.41 Å². The molecule has 2 fully saturated rings. The van der Waals surface area contributed by atoms with E-state index in [4.69, 9.17) is 11.6 Å².